The molecule has 32 heavy (non-hydrogen) atoms. The monoisotopic (exact) mass is 480 g/mol. The van der Waals surface area contributed by atoms with E-state index in [1.165, 1.54) is 62.8 Å². The first-order valence-corrected chi connectivity index (χ1v) is 15.0. The molecule has 0 spiro atoms. The molecule has 4 bridgehead atoms. The number of hydrogen-bond donors (Lipinski definition) is 2. The molecule has 1 saturated heterocycles. The van der Waals surface area contributed by atoms with E-state index in [-0.39, 0.29) is 40.2 Å². The number of sulfonamides is 1. The fourth-order valence-corrected chi connectivity index (χ4v) is 10.2. The molecule has 9 heteroatoms. The van der Waals surface area contributed by atoms with Crippen molar-refractivity contribution in [3.8, 4) is 0 Å². The van der Waals surface area contributed by atoms with Crippen LogP contribution in [0.25, 0.3) is 0 Å². The highest BCUT2D eigenvalue weighted by molar-refractivity contribution is 7.92. The summed E-state index contributed by atoms with van der Waals surface area (Å²) in [5.74, 6) is 2.09. The zero-order valence-electron chi connectivity index (χ0n) is 18.4. The topological polar surface area (TPSA) is 109 Å². The molecule has 4 saturated carbocycles. The second-order valence-electron chi connectivity index (χ2n) is 10.7. The Morgan fingerprint density at radius 1 is 1.03 bits per heavy atom. The van der Waals surface area contributed by atoms with Gasteiger partial charge in [-0.25, -0.2) is 21.6 Å². The van der Waals surface area contributed by atoms with Crippen molar-refractivity contribution >= 4 is 25.8 Å². The zero-order valence-corrected chi connectivity index (χ0v) is 20.1. The second kappa shape index (κ2) is 7.81. The van der Waals surface area contributed by atoms with Crippen LogP contribution in [0, 0.1) is 23.2 Å². The normalized spacial score (nSPS) is 36.2. The van der Waals surface area contributed by atoms with Crippen molar-refractivity contribution in [3.63, 3.8) is 0 Å². The van der Waals surface area contributed by atoms with Gasteiger partial charge >= 0.3 is 0 Å². The van der Waals surface area contributed by atoms with E-state index < -0.39 is 25.9 Å². The molecular weight excluding hydrogens is 448 g/mol. The standard InChI is InChI=1S/C23H32N2O5S2/c1-15(23-11-16-8-17(12-23)10-18(9-16)13-23)24-22(26)19-2-4-21(5-3-19)32(29,30)25-20-6-7-31(27,28)14-20/h2-5,15-18,20,25H,6-14H2,1H3,(H,24,26)/t15-,16?,17?,18?,20-,23?/m0/s1. The maximum atomic E-state index is 12.9. The van der Waals surface area contributed by atoms with Crippen LogP contribution in [0.5, 0.6) is 0 Å². The van der Waals surface area contributed by atoms with Crippen LogP contribution in [0.2, 0.25) is 0 Å². The van der Waals surface area contributed by atoms with Gasteiger partial charge in [0.2, 0.25) is 10.0 Å². The largest absolute Gasteiger partial charge is 0.349 e. The molecule has 1 amide bonds. The van der Waals surface area contributed by atoms with Crippen LogP contribution in [0.1, 0.15) is 62.2 Å². The van der Waals surface area contributed by atoms with Crippen molar-refractivity contribution in [1.82, 2.24) is 10.0 Å². The van der Waals surface area contributed by atoms with Gasteiger partial charge in [0, 0.05) is 17.6 Å². The van der Waals surface area contributed by atoms with Gasteiger partial charge in [0.1, 0.15) is 0 Å². The lowest BCUT2D eigenvalue weighted by Crippen LogP contribution is -2.55. The molecule has 5 aliphatic rings. The molecule has 1 heterocycles. The molecule has 2 N–H and O–H groups in total. The summed E-state index contributed by atoms with van der Waals surface area (Å²) in [7, 11) is -7.01. The number of carbonyl (C=O) groups is 1. The van der Waals surface area contributed by atoms with Crippen molar-refractivity contribution in [1.29, 1.82) is 0 Å². The van der Waals surface area contributed by atoms with Gasteiger partial charge in [0.05, 0.1) is 16.4 Å². The lowest BCUT2D eigenvalue weighted by molar-refractivity contribution is -0.0688. The Balaban J connectivity index is 1.24. The first-order valence-electron chi connectivity index (χ1n) is 11.7. The molecule has 1 aromatic carbocycles. The molecule has 7 nitrogen and oxygen atoms in total. The van der Waals surface area contributed by atoms with Crippen LogP contribution in [0.3, 0.4) is 0 Å². The fourth-order valence-electron chi connectivity index (χ4n) is 7.10. The molecule has 0 unspecified atom stereocenters. The molecule has 0 aromatic heterocycles. The Labute approximate surface area is 190 Å². The van der Waals surface area contributed by atoms with Crippen LogP contribution < -0.4 is 10.0 Å². The van der Waals surface area contributed by atoms with Gasteiger partial charge in [-0.05, 0) is 99.3 Å². The minimum Gasteiger partial charge on any atom is -0.349 e. The van der Waals surface area contributed by atoms with Crippen molar-refractivity contribution < 1.29 is 21.6 Å². The third-order valence-electron chi connectivity index (χ3n) is 8.33. The Hall–Kier alpha value is -1.45. The van der Waals surface area contributed by atoms with E-state index in [0.717, 1.165) is 17.8 Å². The number of amides is 1. The predicted octanol–water partition coefficient (Wildman–Crippen LogP) is 2.49. The quantitative estimate of drug-likeness (QED) is 0.650. The van der Waals surface area contributed by atoms with Crippen molar-refractivity contribution in [3.05, 3.63) is 29.8 Å². The minimum absolute atomic E-state index is 0.00120. The summed E-state index contributed by atoms with van der Waals surface area (Å²) < 4.78 is 50.9. The molecule has 1 aromatic rings. The molecule has 2 atom stereocenters. The smallest absolute Gasteiger partial charge is 0.251 e. The molecule has 4 aliphatic carbocycles. The molecule has 1 aliphatic heterocycles. The number of nitrogens with one attached hydrogen (secondary N) is 2. The van der Waals surface area contributed by atoms with Crippen molar-refractivity contribution in [2.75, 3.05) is 11.5 Å². The number of carbonyl (C=O) groups excluding carboxylic acids is 1. The summed E-state index contributed by atoms with van der Waals surface area (Å²) in [6.45, 7) is 2.13. The van der Waals surface area contributed by atoms with Crippen molar-refractivity contribution in [2.24, 2.45) is 23.2 Å². The number of rotatable bonds is 6. The lowest BCUT2D eigenvalue weighted by Gasteiger charge is -2.59. The number of benzene rings is 1. The number of sulfone groups is 1. The van der Waals surface area contributed by atoms with Gasteiger partial charge in [0.15, 0.2) is 9.84 Å². The highest BCUT2D eigenvalue weighted by Gasteiger charge is 2.53. The Bertz CT molecular complexity index is 1080. The molecule has 176 valence electrons. The van der Waals surface area contributed by atoms with E-state index >= 15 is 0 Å². The Morgan fingerprint density at radius 3 is 2.09 bits per heavy atom. The maximum Gasteiger partial charge on any atom is 0.251 e. The lowest BCUT2D eigenvalue weighted by atomic mass is 9.48. The van der Waals surface area contributed by atoms with E-state index in [4.69, 9.17) is 0 Å². The van der Waals surface area contributed by atoms with Gasteiger partial charge in [0.25, 0.3) is 5.91 Å². The summed E-state index contributed by atoms with van der Waals surface area (Å²) in [5.41, 5.74) is 0.642. The summed E-state index contributed by atoms with van der Waals surface area (Å²) in [6, 6.07) is 5.38. The third-order valence-corrected chi connectivity index (χ3v) is 11.6. The second-order valence-corrected chi connectivity index (χ2v) is 14.7. The summed E-state index contributed by atoms with van der Waals surface area (Å²) >= 11 is 0. The van der Waals surface area contributed by atoms with Crippen molar-refractivity contribution in [2.45, 2.75) is 68.8 Å². The fraction of sp³-hybridized carbons (Fsp3) is 0.696. The maximum absolute atomic E-state index is 12.9. The Kier molecular flexibility index (Phi) is 5.45. The van der Waals surface area contributed by atoms with Gasteiger partial charge in [-0.15, -0.1) is 0 Å². The summed E-state index contributed by atoms with van der Waals surface area (Å²) in [6.07, 6.45) is 7.98. The van der Waals surface area contributed by atoms with Gasteiger partial charge < -0.3 is 5.32 Å². The van der Waals surface area contributed by atoms with Gasteiger partial charge in [-0.1, -0.05) is 0 Å². The summed E-state index contributed by atoms with van der Waals surface area (Å²) in [5, 5.41) is 3.21. The molecular formula is C23H32N2O5S2. The van der Waals surface area contributed by atoms with Crippen LogP contribution in [-0.4, -0.2) is 46.3 Å². The molecule has 0 radical (unpaired) electrons. The first kappa shape index (κ1) is 22.3. The van der Waals surface area contributed by atoms with E-state index in [1.807, 2.05) is 0 Å². The minimum atomic E-state index is -3.84. The predicted molar refractivity (Wildman–Crippen MR) is 121 cm³/mol. The molecule has 5 fully saturated rings. The van der Waals surface area contributed by atoms with Crippen LogP contribution in [0.15, 0.2) is 29.2 Å². The highest BCUT2D eigenvalue weighted by Crippen LogP contribution is 2.61. The van der Waals surface area contributed by atoms with Crippen LogP contribution in [-0.2, 0) is 19.9 Å². The van der Waals surface area contributed by atoms with E-state index in [0.29, 0.717) is 5.56 Å². The van der Waals surface area contributed by atoms with E-state index in [2.05, 4.69) is 17.0 Å². The van der Waals surface area contributed by atoms with E-state index in [9.17, 15) is 21.6 Å². The van der Waals surface area contributed by atoms with Crippen LogP contribution in [0.4, 0.5) is 0 Å². The average Bonchev–Trinajstić information content (AvgIpc) is 3.04. The Morgan fingerprint density at radius 2 is 1.59 bits per heavy atom. The third kappa shape index (κ3) is 4.23. The van der Waals surface area contributed by atoms with E-state index in [1.54, 1.807) is 0 Å². The molecule has 6 rings (SSSR count). The van der Waals surface area contributed by atoms with Gasteiger partial charge in [-0.2, -0.15) is 0 Å². The first-order chi connectivity index (χ1) is 15.0. The number of hydrogen-bond acceptors (Lipinski definition) is 5. The highest BCUT2D eigenvalue weighted by atomic mass is 32.2. The zero-order chi connectivity index (χ0) is 22.7. The summed E-state index contributed by atoms with van der Waals surface area (Å²) in [4.78, 5) is 13.0. The average molecular weight is 481 g/mol. The van der Waals surface area contributed by atoms with Crippen LogP contribution >= 0.6 is 0 Å². The SMILES string of the molecule is C[C@H](NC(=O)c1ccc(S(=O)(=O)N[C@H]2CCS(=O)(=O)C2)cc1)C12CC3CC(CC(C3)C1)C2. The van der Waals surface area contributed by atoms with Gasteiger partial charge in [-0.3, -0.25) is 4.79 Å².